The van der Waals surface area contributed by atoms with Crippen LogP contribution in [0.1, 0.15) is 6.92 Å². The molecular formula is C11H4F14. The number of fused-ring (bicyclic) bond motifs is 2. The molecule has 0 N–H and O–H groups in total. The van der Waals surface area contributed by atoms with E-state index in [1.54, 1.807) is 0 Å². The van der Waals surface area contributed by atoms with Gasteiger partial charge in [-0.05, 0) is 6.92 Å². The molecule has 3 atom stereocenters. The van der Waals surface area contributed by atoms with Crippen molar-refractivity contribution in [3.63, 3.8) is 0 Å². The molecule has 146 valence electrons. The second kappa shape index (κ2) is 4.35. The molecule has 25 heavy (non-hydrogen) atoms. The van der Waals surface area contributed by atoms with Crippen molar-refractivity contribution >= 4 is 0 Å². The number of rotatable bonds is 1. The predicted molar refractivity (Wildman–Crippen MR) is 50.5 cm³/mol. The zero-order chi connectivity index (χ0) is 20.2. The van der Waals surface area contributed by atoms with Crippen LogP contribution in [0.3, 0.4) is 0 Å². The standard InChI is InChI=1S/C11H4F14/c1-5(10(20,21)22,11(23,24)25)4-6(14)2(12)3(13)7(15,8(4,16)17)9(6,18)19/h4H,1H3. The van der Waals surface area contributed by atoms with E-state index in [1.807, 2.05) is 0 Å². The Morgan fingerprint density at radius 1 is 0.720 bits per heavy atom. The first kappa shape index (κ1) is 20.1. The van der Waals surface area contributed by atoms with Gasteiger partial charge in [-0.3, -0.25) is 0 Å². The van der Waals surface area contributed by atoms with E-state index in [-0.39, 0.29) is 0 Å². The van der Waals surface area contributed by atoms with E-state index in [0.29, 0.717) is 0 Å². The Morgan fingerprint density at radius 3 is 1.36 bits per heavy atom. The molecular weight excluding hydrogens is 398 g/mol. The highest BCUT2D eigenvalue weighted by molar-refractivity contribution is 5.50. The van der Waals surface area contributed by atoms with Gasteiger partial charge >= 0.3 is 24.2 Å². The SMILES string of the molecule is CC(C1C(F)(F)C2(F)C(F)=C(F)C1(F)C2(F)F)(C(F)(F)F)C(F)(F)F. The second-order valence-electron chi connectivity index (χ2n) is 5.83. The number of allylic oxidation sites excluding steroid dienone is 2. The molecule has 14 heteroatoms. The highest BCUT2D eigenvalue weighted by Crippen LogP contribution is 2.79. The molecule has 0 spiro atoms. The van der Waals surface area contributed by atoms with Gasteiger partial charge < -0.3 is 0 Å². The fourth-order valence-electron chi connectivity index (χ4n) is 3.20. The van der Waals surface area contributed by atoms with Gasteiger partial charge in [0.2, 0.25) is 5.67 Å². The first-order chi connectivity index (χ1) is 10.7. The zero-order valence-corrected chi connectivity index (χ0v) is 11.4. The van der Waals surface area contributed by atoms with Gasteiger partial charge in [-0.15, -0.1) is 0 Å². The first-order valence-corrected chi connectivity index (χ1v) is 6.01. The molecule has 0 aromatic carbocycles. The van der Waals surface area contributed by atoms with Crippen LogP contribution in [0.4, 0.5) is 61.5 Å². The normalized spacial score (nSPS) is 37.8. The highest BCUT2D eigenvalue weighted by Gasteiger charge is 3.02. The Kier molecular flexibility index (Phi) is 3.50. The van der Waals surface area contributed by atoms with E-state index < -0.39 is 65.4 Å². The monoisotopic (exact) mass is 402 g/mol. The number of halogens is 14. The van der Waals surface area contributed by atoms with Crippen LogP contribution >= 0.6 is 0 Å². The van der Waals surface area contributed by atoms with Crippen LogP contribution in [-0.4, -0.2) is 35.5 Å². The fourth-order valence-corrected chi connectivity index (χ4v) is 3.20. The van der Waals surface area contributed by atoms with Gasteiger partial charge in [0.25, 0.3) is 5.67 Å². The Bertz CT molecular complexity index is 624. The number of hydrogen-bond donors (Lipinski definition) is 0. The third-order valence-corrected chi connectivity index (χ3v) is 4.68. The van der Waals surface area contributed by atoms with Gasteiger partial charge in [-0.2, -0.15) is 35.1 Å². The largest absolute Gasteiger partial charge is 0.403 e. The topological polar surface area (TPSA) is 0 Å². The predicted octanol–water partition coefficient (Wildman–Crippen LogP) is 5.60. The summed E-state index contributed by atoms with van der Waals surface area (Å²) in [5.41, 5.74) is -18.6. The maximum Gasteiger partial charge on any atom is 0.403 e. The lowest BCUT2D eigenvalue weighted by atomic mass is 9.65. The third kappa shape index (κ3) is 1.62. The smallest absolute Gasteiger partial charge is 0.228 e. The minimum absolute atomic E-state index is 1.15. The second-order valence-corrected chi connectivity index (χ2v) is 5.83. The van der Waals surface area contributed by atoms with Crippen molar-refractivity contribution in [3.8, 4) is 0 Å². The van der Waals surface area contributed by atoms with E-state index in [0.717, 1.165) is 0 Å². The summed E-state index contributed by atoms with van der Waals surface area (Å²) in [6, 6.07) is 0. The van der Waals surface area contributed by atoms with Crippen LogP contribution in [0.5, 0.6) is 0 Å². The lowest BCUT2D eigenvalue weighted by Gasteiger charge is -2.45. The minimum Gasteiger partial charge on any atom is -0.228 e. The van der Waals surface area contributed by atoms with Crippen molar-refractivity contribution in [1.82, 2.24) is 0 Å². The Balaban J connectivity index is 2.98. The maximum atomic E-state index is 14.3. The summed E-state index contributed by atoms with van der Waals surface area (Å²) in [6.45, 7) is -1.15. The van der Waals surface area contributed by atoms with Gasteiger partial charge in [-0.1, -0.05) is 0 Å². The van der Waals surface area contributed by atoms with Crippen LogP contribution in [0.2, 0.25) is 0 Å². The average Bonchev–Trinajstić information content (AvgIpc) is 2.54. The summed E-state index contributed by atoms with van der Waals surface area (Å²) in [6.07, 6.45) is -13.8. The summed E-state index contributed by atoms with van der Waals surface area (Å²) in [5.74, 6) is -26.1. The fraction of sp³-hybridized carbons (Fsp3) is 0.818. The average molecular weight is 402 g/mol. The third-order valence-electron chi connectivity index (χ3n) is 4.68. The molecule has 2 aliphatic rings. The van der Waals surface area contributed by atoms with E-state index >= 15 is 0 Å². The minimum atomic E-state index is -6.90. The molecule has 2 aliphatic carbocycles. The van der Waals surface area contributed by atoms with Crippen molar-refractivity contribution in [1.29, 1.82) is 0 Å². The van der Waals surface area contributed by atoms with Crippen molar-refractivity contribution in [2.75, 3.05) is 0 Å². The van der Waals surface area contributed by atoms with Crippen LogP contribution in [0, 0.1) is 11.3 Å². The number of hydrogen-bond acceptors (Lipinski definition) is 0. The summed E-state index contributed by atoms with van der Waals surface area (Å²) < 4.78 is 187. The maximum absolute atomic E-state index is 14.3. The molecule has 0 nitrogen and oxygen atoms in total. The van der Waals surface area contributed by atoms with Crippen LogP contribution in [-0.2, 0) is 0 Å². The zero-order valence-electron chi connectivity index (χ0n) is 11.4. The summed E-state index contributed by atoms with van der Waals surface area (Å²) in [5, 5.41) is 0. The molecule has 2 bridgehead atoms. The number of alkyl halides is 12. The van der Waals surface area contributed by atoms with E-state index in [9.17, 15) is 61.5 Å². The molecule has 1 saturated carbocycles. The van der Waals surface area contributed by atoms with Crippen molar-refractivity contribution in [3.05, 3.63) is 11.7 Å². The van der Waals surface area contributed by atoms with Crippen molar-refractivity contribution in [2.45, 2.75) is 42.5 Å². The molecule has 0 aliphatic heterocycles. The quantitative estimate of drug-likeness (QED) is 0.501. The molecule has 0 heterocycles. The molecule has 1 fully saturated rings. The molecule has 0 saturated heterocycles. The van der Waals surface area contributed by atoms with Gasteiger partial charge in [0.05, 0.1) is 5.92 Å². The highest BCUT2D eigenvalue weighted by atomic mass is 19.4. The van der Waals surface area contributed by atoms with Gasteiger partial charge in [0, 0.05) is 0 Å². The Labute approximate surface area is 128 Å². The first-order valence-electron chi connectivity index (χ1n) is 6.01. The van der Waals surface area contributed by atoms with Gasteiger partial charge in [-0.25, -0.2) is 26.3 Å². The summed E-state index contributed by atoms with van der Waals surface area (Å²) in [4.78, 5) is 0. The van der Waals surface area contributed by atoms with E-state index in [1.165, 1.54) is 0 Å². The lowest BCUT2D eigenvalue weighted by Crippen LogP contribution is -2.64. The van der Waals surface area contributed by atoms with Crippen LogP contribution in [0.15, 0.2) is 11.7 Å². The summed E-state index contributed by atoms with van der Waals surface area (Å²) in [7, 11) is 0. The van der Waals surface area contributed by atoms with Crippen molar-refractivity contribution < 1.29 is 61.5 Å². The molecule has 0 amide bonds. The summed E-state index contributed by atoms with van der Waals surface area (Å²) >= 11 is 0. The van der Waals surface area contributed by atoms with Gasteiger partial charge in [0.15, 0.2) is 17.1 Å². The molecule has 0 aromatic rings. The molecule has 0 aromatic heterocycles. The molecule has 2 rings (SSSR count). The Hall–Kier alpha value is -1.24. The van der Waals surface area contributed by atoms with E-state index in [2.05, 4.69) is 0 Å². The van der Waals surface area contributed by atoms with Gasteiger partial charge in [0.1, 0.15) is 0 Å². The Morgan fingerprint density at radius 2 is 1.08 bits per heavy atom. The van der Waals surface area contributed by atoms with Crippen LogP contribution < -0.4 is 0 Å². The van der Waals surface area contributed by atoms with Crippen LogP contribution in [0.25, 0.3) is 0 Å². The van der Waals surface area contributed by atoms with E-state index in [4.69, 9.17) is 0 Å². The molecule has 3 unspecified atom stereocenters. The van der Waals surface area contributed by atoms with Crippen molar-refractivity contribution in [2.24, 2.45) is 11.3 Å². The lowest BCUT2D eigenvalue weighted by molar-refractivity contribution is -0.381. The molecule has 0 radical (unpaired) electrons.